The molecule has 3 rings (SSSR count). The highest BCUT2D eigenvalue weighted by Gasteiger charge is 2.17. The summed E-state index contributed by atoms with van der Waals surface area (Å²) in [7, 11) is 0. The summed E-state index contributed by atoms with van der Waals surface area (Å²) in [4.78, 5) is 12.1. The molecule has 23 heavy (non-hydrogen) atoms. The number of carbonyl (C=O) groups excluding carboxylic acids is 1. The number of nitrogens with one attached hydrogen (secondary N) is 2. The molecule has 1 fully saturated rings. The van der Waals surface area contributed by atoms with Crippen LogP contribution in [0.4, 0.5) is 0 Å². The van der Waals surface area contributed by atoms with Gasteiger partial charge < -0.3 is 15.2 Å². The molecule has 1 aliphatic heterocycles. The fraction of sp³-hybridized carbons (Fsp3) is 0.375. The van der Waals surface area contributed by atoms with E-state index in [9.17, 15) is 4.79 Å². The minimum atomic E-state index is -0.200. The van der Waals surface area contributed by atoms with Crippen molar-refractivity contribution in [2.75, 3.05) is 19.6 Å². The second kappa shape index (κ2) is 8.34. The van der Waals surface area contributed by atoms with E-state index >= 15 is 0 Å². The predicted molar refractivity (Wildman–Crippen MR) is 92.1 cm³/mol. The molecular formula is C16H19Cl2N3O2. The Bertz CT molecular complexity index is 637. The molecule has 2 aromatic rings. The molecule has 7 heteroatoms. The maximum atomic E-state index is 12.1. The average molecular weight is 356 g/mol. The zero-order valence-corrected chi connectivity index (χ0v) is 14.1. The standard InChI is InChI=1S/C16H18ClN3O2.ClH/c17-13-5-3-12(4-6-13)15-8-14(20-22-15)16(21)19-10-11-2-1-7-18-9-11;/h3-6,8,11,18H,1-2,7,9-10H2,(H,19,21);1H. The topological polar surface area (TPSA) is 67.2 Å². The average Bonchev–Trinajstić information content (AvgIpc) is 3.04. The van der Waals surface area contributed by atoms with Gasteiger partial charge in [0.05, 0.1) is 0 Å². The summed E-state index contributed by atoms with van der Waals surface area (Å²) in [6.45, 7) is 2.68. The van der Waals surface area contributed by atoms with Gasteiger partial charge >= 0.3 is 0 Å². The highest BCUT2D eigenvalue weighted by Crippen LogP contribution is 2.22. The van der Waals surface area contributed by atoms with Crippen LogP contribution in [0.3, 0.4) is 0 Å². The molecular weight excluding hydrogens is 337 g/mol. The molecule has 0 aliphatic carbocycles. The van der Waals surface area contributed by atoms with Gasteiger partial charge in [0.2, 0.25) is 0 Å². The molecule has 5 nitrogen and oxygen atoms in total. The van der Waals surface area contributed by atoms with E-state index in [1.165, 1.54) is 0 Å². The van der Waals surface area contributed by atoms with Gasteiger partial charge in [-0.05, 0) is 56.1 Å². The number of halogens is 2. The van der Waals surface area contributed by atoms with Crippen LogP contribution in [0.25, 0.3) is 11.3 Å². The summed E-state index contributed by atoms with van der Waals surface area (Å²) >= 11 is 5.85. The molecule has 0 bridgehead atoms. The first-order valence-corrected chi connectivity index (χ1v) is 7.82. The highest BCUT2D eigenvalue weighted by atomic mass is 35.5. The maximum absolute atomic E-state index is 12.1. The molecule has 2 heterocycles. The van der Waals surface area contributed by atoms with Crippen LogP contribution in [0.2, 0.25) is 5.02 Å². The molecule has 1 unspecified atom stereocenters. The van der Waals surface area contributed by atoms with E-state index in [0.29, 0.717) is 28.9 Å². The van der Waals surface area contributed by atoms with Crippen molar-refractivity contribution in [2.24, 2.45) is 5.92 Å². The Morgan fingerprint density at radius 2 is 2.17 bits per heavy atom. The largest absolute Gasteiger partial charge is 0.355 e. The number of nitrogens with zero attached hydrogens (tertiary/aromatic N) is 1. The fourth-order valence-corrected chi connectivity index (χ4v) is 2.68. The van der Waals surface area contributed by atoms with Crippen molar-refractivity contribution < 1.29 is 9.32 Å². The number of hydrogen-bond acceptors (Lipinski definition) is 4. The van der Waals surface area contributed by atoms with Crippen molar-refractivity contribution in [1.82, 2.24) is 15.8 Å². The number of aromatic nitrogens is 1. The van der Waals surface area contributed by atoms with Crippen molar-refractivity contribution in [2.45, 2.75) is 12.8 Å². The van der Waals surface area contributed by atoms with Gasteiger partial charge in [-0.25, -0.2) is 0 Å². The summed E-state index contributed by atoms with van der Waals surface area (Å²) in [5, 5.41) is 10.8. The molecule has 124 valence electrons. The fourth-order valence-electron chi connectivity index (χ4n) is 2.56. The zero-order valence-electron chi connectivity index (χ0n) is 12.5. The monoisotopic (exact) mass is 355 g/mol. The Labute approximate surface area is 146 Å². The van der Waals surface area contributed by atoms with Crippen molar-refractivity contribution in [1.29, 1.82) is 0 Å². The van der Waals surface area contributed by atoms with Gasteiger partial charge in [-0.2, -0.15) is 0 Å². The molecule has 0 saturated carbocycles. The lowest BCUT2D eigenvalue weighted by molar-refractivity contribution is 0.0936. The molecule has 1 aromatic heterocycles. The number of benzene rings is 1. The lowest BCUT2D eigenvalue weighted by Gasteiger charge is -2.22. The van der Waals surface area contributed by atoms with Gasteiger partial charge in [-0.15, -0.1) is 12.4 Å². The third kappa shape index (κ3) is 4.70. The molecule has 1 aromatic carbocycles. The van der Waals surface area contributed by atoms with Gasteiger partial charge in [0, 0.05) is 23.2 Å². The molecule has 0 spiro atoms. The highest BCUT2D eigenvalue weighted by molar-refractivity contribution is 6.30. The number of hydrogen-bond donors (Lipinski definition) is 2. The Kier molecular flexibility index (Phi) is 6.45. The van der Waals surface area contributed by atoms with E-state index in [1.807, 2.05) is 12.1 Å². The first kappa shape index (κ1) is 17.8. The van der Waals surface area contributed by atoms with Crippen LogP contribution < -0.4 is 10.6 Å². The molecule has 1 aliphatic rings. The van der Waals surface area contributed by atoms with Crippen LogP contribution >= 0.6 is 24.0 Å². The van der Waals surface area contributed by atoms with Gasteiger partial charge in [-0.1, -0.05) is 16.8 Å². The van der Waals surface area contributed by atoms with E-state index < -0.39 is 0 Å². The van der Waals surface area contributed by atoms with Crippen LogP contribution in [0.15, 0.2) is 34.9 Å². The van der Waals surface area contributed by atoms with Gasteiger partial charge in [0.15, 0.2) is 11.5 Å². The third-order valence-corrected chi connectivity index (χ3v) is 4.07. The third-order valence-electron chi connectivity index (χ3n) is 3.82. The second-order valence-electron chi connectivity index (χ2n) is 5.51. The summed E-state index contributed by atoms with van der Waals surface area (Å²) in [5.74, 6) is 0.844. The summed E-state index contributed by atoms with van der Waals surface area (Å²) in [6, 6.07) is 8.86. The van der Waals surface area contributed by atoms with E-state index in [1.54, 1.807) is 18.2 Å². The molecule has 2 N–H and O–H groups in total. The summed E-state index contributed by atoms with van der Waals surface area (Å²) in [6.07, 6.45) is 2.30. The zero-order chi connectivity index (χ0) is 15.4. The van der Waals surface area contributed by atoms with Crippen molar-refractivity contribution in [3.8, 4) is 11.3 Å². The van der Waals surface area contributed by atoms with Crippen LogP contribution in [-0.2, 0) is 0 Å². The van der Waals surface area contributed by atoms with E-state index in [0.717, 1.165) is 31.5 Å². The normalized spacial score (nSPS) is 17.3. The van der Waals surface area contributed by atoms with Gasteiger partial charge in [0.25, 0.3) is 5.91 Å². The van der Waals surface area contributed by atoms with E-state index in [4.69, 9.17) is 16.1 Å². The SMILES string of the molecule is Cl.O=C(NCC1CCCNC1)c1cc(-c2ccc(Cl)cc2)on1. The summed E-state index contributed by atoms with van der Waals surface area (Å²) < 4.78 is 5.24. The second-order valence-corrected chi connectivity index (χ2v) is 5.94. The number of amides is 1. The Balaban J connectivity index is 0.00000192. The van der Waals surface area contributed by atoms with Crippen molar-refractivity contribution in [3.63, 3.8) is 0 Å². The van der Waals surface area contributed by atoms with Crippen LogP contribution in [-0.4, -0.2) is 30.7 Å². The quantitative estimate of drug-likeness (QED) is 0.883. The first-order chi connectivity index (χ1) is 10.7. The van der Waals surface area contributed by atoms with E-state index in [2.05, 4.69) is 15.8 Å². The van der Waals surface area contributed by atoms with Crippen molar-refractivity contribution in [3.05, 3.63) is 41.0 Å². The first-order valence-electron chi connectivity index (χ1n) is 7.44. The van der Waals surface area contributed by atoms with Crippen LogP contribution in [0.1, 0.15) is 23.3 Å². The predicted octanol–water partition coefficient (Wildman–Crippen LogP) is 3.15. The van der Waals surface area contributed by atoms with Crippen molar-refractivity contribution >= 4 is 29.9 Å². The lowest BCUT2D eigenvalue weighted by Crippen LogP contribution is -2.38. The molecule has 1 atom stereocenters. The maximum Gasteiger partial charge on any atom is 0.273 e. The number of piperidine rings is 1. The van der Waals surface area contributed by atoms with Crippen LogP contribution in [0, 0.1) is 5.92 Å². The Morgan fingerprint density at radius 3 is 2.87 bits per heavy atom. The minimum absolute atomic E-state index is 0. The molecule has 1 amide bonds. The van der Waals surface area contributed by atoms with Crippen LogP contribution in [0.5, 0.6) is 0 Å². The Morgan fingerprint density at radius 1 is 1.39 bits per heavy atom. The van der Waals surface area contributed by atoms with E-state index in [-0.39, 0.29) is 18.3 Å². The smallest absolute Gasteiger partial charge is 0.273 e. The van der Waals surface area contributed by atoms with Gasteiger partial charge in [0.1, 0.15) is 0 Å². The Hall–Kier alpha value is -1.56. The molecule has 1 saturated heterocycles. The summed E-state index contributed by atoms with van der Waals surface area (Å²) in [5.41, 5.74) is 1.14. The minimum Gasteiger partial charge on any atom is -0.355 e. The lowest BCUT2D eigenvalue weighted by atomic mass is 10.00. The van der Waals surface area contributed by atoms with Gasteiger partial charge in [-0.3, -0.25) is 4.79 Å². The molecule has 0 radical (unpaired) electrons. The number of rotatable bonds is 4. The number of carbonyl (C=O) groups is 1.